The van der Waals surface area contributed by atoms with Gasteiger partial charge in [0.05, 0.1) is 11.4 Å². The van der Waals surface area contributed by atoms with E-state index in [0.29, 0.717) is 41.1 Å². The lowest BCUT2D eigenvalue weighted by atomic mass is 9.91. The van der Waals surface area contributed by atoms with E-state index < -0.39 is 11.9 Å². The van der Waals surface area contributed by atoms with Crippen molar-refractivity contribution in [3.05, 3.63) is 70.6 Å². The molecule has 1 aliphatic rings. The fourth-order valence-electron chi connectivity index (χ4n) is 3.82. The minimum absolute atomic E-state index is 0.229. The smallest absolute Gasteiger partial charge is 0.166 e. The van der Waals surface area contributed by atoms with Gasteiger partial charge in [-0.2, -0.15) is 0 Å². The van der Waals surface area contributed by atoms with Crippen LogP contribution in [0.25, 0.3) is 11.1 Å². The Balaban J connectivity index is 1.99. The number of hydrogen-bond acceptors (Lipinski definition) is 7. The van der Waals surface area contributed by atoms with Crippen molar-refractivity contribution in [3.63, 3.8) is 0 Å². The van der Waals surface area contributed by atoms with Crippen molar-refractivity contribution in [2.45, 2.75) is 32.8 Å². The first-order chi connectivity index (χ1) is 14.9. The average molecular weight is 421 g/mol. The highest BCUT2D eigenvalue weighted by molar-refractivity contribution is 6.11. The number of aromatic nitrogens is 2. The number of nitrogen functional groups attached to an aromatic ring is 1. The van der Waals surface area contributed by atoms with Crippen LogP contribution < -0.4 is 15.8 Å². The third kappa shape index (κ3) is 3.76. The summed E-state index contributed by atoms with van der Waals surface area (Å²) >= 11 is 0. The van der Waals surface area contributed by atoms with E-state index in [4.69, 9.17) is 20.4 Å². The molecule has 160 valence electrons. The summed E-state index contributed by atoms with van der Waals surface area (Å²) in [6.07, 6.45) is 3.84. The lowest BCUT2D eigenvalue weighted by Gasteiger charge is -2.22. The van der Waals surface area contributed by atoms with Crippen LogP contribution in [-0.4, -0.2) is 22.9 Å². The first-order valence-electron chi connectivity index (χ1n) is 10.1. The Labute approximate surface area is 179 Å². The minimum atomic E-state index is -0.562. The van der Waals surface area contributed by atoms with Crippen LogP contribution >= 0.6 is 0 Å². The van der Waals surface area contributed by atoms with Crippen LogP contribution in [0.2, 0.25) is 0 Å². The van der Waals surface area contributed by atoms with Crippen LogP contribution in [-0.2, 0) is 12.8 Å². The monoisotopic (exact) mass is 421 g/mol. The standard InChI is InChI=1S/C23H24FN5O2/c1-4-18-21-13-7-20(23(26)28-11-13)30-12(2)17-9-15(24)5-6-16(17)22(25)14(10-27-3)8-19(21)31-29-18/h5-7,9-12,25,27H,4,8H2,1-3H3,(H2,26,28)/b14-10-,25-22?. The molecule has 1 aliphatic heterocycles. The van der Waals surface area contributed by atoms with Crippen LogP contribution in [0.3, 0.4) is 0 Å². The Hall–Kier alpha value is -3.68. The van der Waals surface area contributed by atoms with Gasteiger partial charge < -0.3 is 20.3 Å². The summed E-state index contributed by atoms with van der Waals surface area (Å²) in [6, 6.07) is 6.13. The van der Waals surface area contributed by atoms with Gasteiger partial charge in [-0.1, -0.05) is 12.1 Å². The first-order valence-corrected chi connectivity index (χ1v) is 10.1. The van der Waals surface area contributed by atoms with Crippen molar-refractivity contribution in [2.75, 3.05) is 12.8 Å². The molecule has 2 aromatic heterocycles. The summed E-state index contributed by atoms with van der Waals surface area (Å²) in [5, 5.41) is 16.1. The number of rotatable bonds is 2. The average Bonchev–Trinajstić information content (AvgIpc) is 3.16. The molecule has 8 heteroatoms. The second-order valence-corrected chi connectivity index (χ2v) is 7.39. The van der Waals surface area contributed by atoms with Gasteiger partial charge in [-0.15, -0.1) is 0 Å². The van der Waals surface area contributed by atoms with E-state index in [1.54, 1.807) is 38.5 Å². The van der Waals surface area contributed by atoms with E-state index in [0.717, 1.165) is 16.8 Å². The maximum atomic E-state index is 14.1. The van der Waals surface area contributed by atoms with Crippen LogP contribution in [0.5, 0.6) is 5.75 Å². The van der Waals surface area contributed by atoms with Crippen LogP contribution in [0.15, 0.2) is 46.8 Å². The molecule has 1 atom stereocenters. The maximum Gasteiger partial charge on any atom is 0.166 e. The predicted octanol–water partition coefficient (Wildman–Crippen LogP) is 4.19. The van der Waals surface area contributed by atoms with Crippen LogP contribution in [0, 0.1) is 11.2 Å². The number of anilines is 1. The van der Waals surface area contributed by atoms with Crippen molar-refractivity contribution >= 4 is 11.5 Å². The maximum absolute atomic E-state index is 14.1. The highest BCUT2D eigenvalue weighted by Crippen LogP contribution is 2.37. The number of nitrogens with zero attached hydrogens (tertiary/aromatic N) is 2. The van der Waals surface area contributed by atoms with Crippen molar-refractivity contribution in [1.29, 1.82) is 5.41 Å². The summed E-state index contributed by atoms with van der Waals surface area (Å²) in [5.74, 6) is 0.816. The fourth-order valence-corrected chi connectivity index (χ4v) is 3.82. The lowest BCUT2D eigenvalue weighted by molar-refractivity contribution is 0.227. The lowest BCUT2D eigenvalue weighted by Crippen LogP contribution is -2.16. The van der Waals surface area contributed by atoms with Gasteiger partial charge in [0, 0.05) is 53.7 Å². The zero-order chi connectivity index (χ0) is 22.1. The van der Waals surface area contributed by atoms with Crippen molar-refractivity contribution < 1.29 is 13.7 Å². The minimum Gasteiger partial charge on any atom is -0.482 e. The molecule has 3 aromatic rings. The zero-order valence-electron chi connectivity index (χ0n) is 17.6. The molecule has 1 aromatic carbocycles. The second kappa shape index (κ2) is 8.22. The van der Waals surface area contributed by atoms with E-state index in [-0.39, 0.29) is 11.5 Å². The number of benzene rings is 1. The van der Waals surface area contributed by atoms with Crippen molar-refractivity contribution in [2.24, 2.45) is 0 Å². The van der Waals surface area contributed by atoms with Gasteiger partial charge in [0.2, 0.25) is 0 Å². The van der Waals surface area contributed by atoms with Gasteiger partial charge in [-0.25, -0.2) is 9.37 Å². The molecule has 0 saturated carbocycles. The summed E-state index contributed by atoms with van der Waals surface area (Å²) < 4.78 is 25.9. The molecular weight excluding hydrogens is 397 g/mol. The second-order valence-electron chi connectivity index (χ2n) is 7.39. The molecule has 4 rings (SSSR count). The summed E-state index contributed by atoms with van der Waals surface area (Å²) in [7, 11) is 1.77. The Bertz CT molecular complexity index is 1180. The third-order valence-electron chi connectivity index (χ3n) is 5.35. The number of pyridine rings is 1. The fraction of sp³-hybridized carbons (Fsp3) is 0.261. The zero-order valence-corrected chi connectivity index (χ0v) is 17.6. The number of hydrogen-bond donors (Lipinski definition) is 3. The normalized spacial score (nSPS) is 17.2. The number of ether oxygens (including phenoxy) is 1. The Kier molecular flexibility index (Phi) is 5.46. The van der Waals surface area contributed by atoms with E-state index >= 15 is 0 Å². The molecule has 0 fully saturated rings. The highest BCUT2D eigenvalue weighted by atomic mass is 19.1. The van der Waals surface area contributed by atoms with Crippen LogP contribution in [0.4, 0.5) is 10.2 Å². The van der Waals surface area contributed by atoms with E-state index in [9.17, 15) is 4.39 Å². The van der Waals surface area contributed by atoms with Gasteiger partial charge in [-0.05, 0) is 37.6 Å². The molecule has 7 nitrogen and oxygen atoms in total. The topological polar surface area (TPSA) is 110 Å². The van der Waals surface area contributed by atoms with E-state index in [1.165, 1.54) is 12.1 Å². The SMILES string of the molecule is CCc1noc2c1-c1cnc(N)c(c1)OC(C)c1cc(F)ccc1C(=N)/C(=C\NC)C2. The third-order valence-corrected chi connectivity index (χ3v) is 5.35. The molecule has 0 aliphatic carbocycles. The molecule has 0 radical (unpaired) electrons. The molecule has 3 heterocycles. The molecule has 1 unspecified atom stereocenters. The Morgan fingerprint density at radius 1 is 1.35 bits per heavy atom. The summed E-state index contributed by atoms with van der Waals surface area (Å²) in [5.41, 5.74) is 10.5. The van der Waals surface area contributed by atoms with Gasteiger partial charge in [-0.3, -0.25) is 5.41 Å². The Morgan fingerprint density at radius 3 is 2.90 bits per heavy atom. The number of halogens is 1. The molecule has 31 heavy (non-hydrogen) atoms. The Morgan fingerprint density at radius 2 is 2.16 bits per heavy atom. The molecule has 0 saturated heterocycles. The van der Waals surface area contributed by atoms with E-state index in [2.05, 4.69) is 15.5 Å². The van der Waals surface area contributed by atoms with Crippen molar-refractivity contribution in [3.8, 4) is 16.9 Å². The molecule has 4 N–H and O–H groups in total. The molecule has 0 amide bonds. The van der Waals surface area contributed by atoms with Gasteiger partial charge in [0.15, 0.2) is 11.6 Å². The van der Waals surface area contributed by atoms with Crippen molar-refractivity contribution in [1.82, 2.24) is 15.5 Å². The quantitative estimate of drug-likeness (QED) is 0.572. The van der Waals surface area contributed by atoms with Crippen LogP contribution in [0.1, 0.15) is 42.5 Å². The summed E-state index contributed by atoms with van der Waals surface area (Å²) in [6.45, 7) is 3.79. The highest BCUT2D eigenvalue weighted by Gasteiger charge is 2.25. The number of allylic oxidation sites excluding steroid dienone is 1. The predicted molar refractivity (Wildman–Crippen MR) is 117 cm³/mol. The van der Waals surface area contributed by atoms with Gasteiger partial charge >= 0.3 is 0 Å². The van der Waals surface area contributed by atoms with Gasteiger partial charge in [0.25, 0.3) is 0 Å². The molecule has 2 bridgehead atoms. The number of aryl methyl sites for hydroxylation is 1. The number of nitrogens with two attached hydrogens (primary N) is 1. The summed E-state index contributed by atoms with van der Waals surface area (Å²) in [4.78, 5) is 4.30. The number of fused-ring (bicyclic) bond motifs is 5. The van der Waals surface area contributed by atoms with E-state index in [1.807, 2.05) is 6.92 Å². The molecular formula is C23H24FN5O2. The van der Waals surface area contributed by atoms with Gasteiger partial charge in [0.1, 0.15) is 17.7 Å². The first kappa shape index (κ1) is 20.6. The molecule has 0 spiro atoms. The number of nitrogens with one attached hydrogen (secondary N) is 2. The largest absolute Gasteiger partial charge is 0.482 e.